The number of aromatic nitrogens is 1. The molecule has 1 aliphatic heterocycles. The molecule has 1 N–H and O–H groups in total. The maximum absolute atomic E-state index is 13.1. The van der Waals surface area contributed by atoms with Crippen LogP contribution in [0.2, 0.25) is 0 Å². The maximum Gasteiger partial charge on any atom is 0.261 e. The molecule has 2 aromatic rings. The lowest BCUT2D eigenvalue weighted by atomic mass is 10.0. The predicted molar refractivity (Wildman–Crippen MR) is 106 cm³/mol. The molecule has 0 unspecified atom stereocenters. The van der Waals surface area contributed by atoms with Gasteiger partial charge in [0.05, 0.1) is 0 Å². The molecule has 0 radical (unpaired) electrons. The molecule has 1 aliphatic rings. The first kappa shape index (κ1) is 18.4. The van der Waals surface area contributed by atoms with Gasteiger partial charge in [-0.05, 0) is 50.2 Å². The molecule has 2 heterocycles. The minimum atomic E-state index is -0.267. The highest BCUT2D eigenvalue weighted by molar-refractivity contribution is 6.05. The summed E-state index contributed by atoms with van der Waals surface area (Å²) >= 11 is 0. The summed E-state index contributed by atoms with van der Waals surface area (Å²) < 4.78 is 2.16. The Bertz CT molecular complexity index is 858. The zero-order chi connectivity index (χ0) is 18.7. The second-order valence-corrected chi connectivity index (χ2v) is 7.05. The van der Waals surface area contributed by atoms with Crippen LogP contribution in [-0.4, -0.2) is 10.5 Å². The molecule has 0 saturated heterocycles. The third-order valence-electron chi connectivity index (χ3n) is 5.39. The highest BCUT2D eigenvalue weighted by Gasteiger charge is 2.22. The average molecular weight is 352 g/mol. The van der Waals surface area contributed by atoms with Crippen molar-refractivity contribution in [3.63, 3.8) is 0 Å². The van der Waals surface area contributed by atoms with Crippen LogP contribution in [-0.2, 0) is 25.8 Å². The SMILES string of the molecule is CCc1cccc(CC)c1NC(=O)c1c2n(c(C)cc1=O)CCCCC2. The molecule has 4 heteroatoms. The topological polar surface area (TPSA) is 51.1 Å². The van der Waals surface area contributed by atoms with Crippen LogP contribution in [0.4, 0.5) is 5.69 Å². The van der Waals surface area contributed by atoms with E-state index in [1.807, 2.05) is 25.1 Å². The Morgan fingerprint density at radius 2 is 1.81 bits per heavy atom. The summed E-state index contributed by atoms with van der Waals surface area (Å²) in [5.74, 6) is -0.267. The van der Waals surface area contributed by atoms with Gasteiger partial charge in [0.25, 0.3) is 5.91 Å². The molecule has 4 nitrogen and oxygen atoms in total. The summed E-state index contributed by atoms with van der Waals surface area (Å²) in [7, 11) is 0. The van der Waals surface area contributed by atoms with E-state index < -0.39 is 0 Å². The van der Waals surface area contributed by atoms with Gasteiger partial charge in [-0.25, -0.2) is 0 Å². The van der Waals surface area contributed by atoms with E-state index in [9.17, 15) is 9.59 Å². The lowest BCUT2D eigenvalue weighted by Gasteiger charge is -2.19. The Morgan fingerprint density at radius 3 is 2.46 bits per heavy atom. The number of rotatable bonds is 4. The van der Waals surface area contributed by atoms with Crippen LogP contribution in [0.15, 0.2) is 29.1 Å². The highest BCUT2D eigenvalue weighted by Crippen LogP contribution is 2.24. The third kappa shape index (κ3) is 3.46. The standard InChI is InChI=1S/C22H28N2O2/c1-4-16-10-9-11-17(5-2)21(16)23-22(26)20-18-12-7-6-8-13-24(18)15(3)14-19(20)25/h9-11,14H,4-8,12-13H2,1-3H3,(H,23,26). The number of carbonyl (C=O) groups excluding carboxylic acids is 1. The van der Waals surface area contributed by atoms with Crippen LogP contribution >= 0.6 is 0 Å². The molecule has 3 rings (SSSR count). The summed E-state index contributed by atoms with van der Waals surface area (Å²) in [6.45, 7) is 7.00. The number of nitrogens with zero attached hydrogens (tertiary/aromatic N) is 1. The van der Waals surface area contributed by atoms with E-state index in [2.05, 4.69) is 23.7 Å². The largest absolute Gasteiger partial charge is 0.348 e. The quantitative estimate of drug-likeness (QED) is 0.894. The van der Waals surface area contributed by atoms with E-state index >= 15 is 0 Å². The smallest absolute Gasteiger partial charge is 0.261 e. The van der Waals surface area contributed by atoms with E-state index in [4.69, 9.17) is 0 Å². The van der Waals surface area contributed by atoms with E-state index in [-0.39, 0.29) is 11.3 Å². The van der Waals surface area contributed by atoms with Crippen LogP contribution in [0.25, 0.3) is 0 Å². The number of nitrogens with one attached hydrogen (secondary N) is 1. The Balaban J connectivity index is 2.06. The third-order valence-corrected chi connectivity index (χ3v) is 5.39. The number of hydrogen-bond acceptors (Lipinski definition) is 2. The summed E-state index contributed by atoms with van der Waals surface area (Å²) in [5, 5.41) is 3.08. The first-order chi connectivity index (χ1) is 12.6. The fourth-order valence-corrected chi connectivity index (χ4v) is 3.96. The first-order valence-corrected chi connectivity index (χ1v) is 9.72. The van der Waals surface area contributed by atoms with Gasteiger partial charge in [0, 0.05) is 29.7 Å². The van der Waals surface area contributed by atoms with Crippen molar-refractivity contribution in [2.75, 3.05) is 5.32 Å². The predicted octanol–water partition coefficient (Wildman–Crippen LogP) is 4.26. The van der Waals surface area contributed by atoms with Crippen molar-refractivity contribution in [1.82, 2.24) is 4.57 Å². The zero-order valence-corrected chi connectivity index (χ0v) is 16.0. The summed E-state index contributed by atoms with van der Waals surface area (Å²) in [5.41, 5.74) is 5.09. The average Bonchev–Trinajstić information content (AvgIpc) is 2.88. The van der Waals surface area contributed by atoms with Gasteiger partial charge < -0.3 is 9.88 Å². The molecular weight excluding hydrogens is 324 g/mol. The van der Waals surface area contributed by atoms with Crippen molar-refractivity contribution in [3.05, 3.63) is 62.6 Å². The summed E-state index contributed by atoms with van der Waals surface area (Å²) in [6, 6.07) is 7.71. The second-order valence-electron chi connectivity index (χ2n) is 7.05. The molecule has 0 aliphatic carbocycles. The molecule has 0 saturated carbocycles. The number of benzene rings is 1. The fraction of sp³-hybridized carbons (Fsp3) is 0.455. The number of fused-ring (bicyclic) bond motifs is 1. The lowest BCUT2D eigenvalue weighted by Crippen LogP contribution is -2.28. The van der Waals surface area contributed by atoms with E-state index in [1.54, 1.807) is 6.07 Å². The molecular formula is C22H28N2O2. The molecule has 138 valence electrons. The van der Waals surface area contributed by atoms with Crippen LogP contribution in [0, 0.1) is 6.92 Å². The molecule has 0 spiro atoms. The van der Waals surface area contributed by atoms with Crippen molar-refractivity contribution < 1.29 is 4.79 Å². The molecule has 26 heavy (non-hydrogen) atoms. The molecule has 0 fully saturated rings. The second kappa shape index (κ2) is 7.90. The normalized spacial score (nSPS) is 13.8. The van der Waals surface area contributed by atoms with E-state index in [1.165, 1.54) is 0 Å². The van der Waals surface area contributed by atoms with Gasteiger partial charge >= 0.3 is 0 Å². The summed E-state index contributed by atoms with van der Waals surface area (Å²) in [4.78, 5) is 25.8. The molecule has 1 aromatic carbocycles. The van der Waals surface area contributed by atoms with E-state index in [0.717, 1.165) is 73.3 Å². The molecule has 1 aromatic heterocycles. The van der Waals surface area contributed by atoms with Gasteiger partial charge in [0.2, 0.25) is 0 Å². The van der Waals surface area contributed by atoms with Crippen LogP contribution in [0.3, 0.4) is 0 Å². The minimum Gasteiger partial charge on any atom is -0.348 e. The van der Waals surface area contributed by atoms with Gasteiger partial charge in [-0.3, -0.25) is 9.59 Å². The Hall–Kier alpha value is -2.36. The van der Waals surface area contributed by atoms with Crippen LogP contribution in [0.5, 0.6) is 0 Å². The zero-order valence-electron chi connectivity index (χ0n) is 16.0. The number of carbonyl (C=O) groups is 1. The Kier molecular flexibility index (Phi) is 5.60. The summed E-state index contributed by atoms with van der Waals surface area (Å²) in [6.07, 6.45) is 5.72. The van der Waals surface area contributed by atoms with Gasteiger partial charge in [-0.1, -0.05) is 38.5 Å². The van der Waals surface area contributed by atoms with E-state index in [0.29, 0.717) is 5.56 Å². The number of para-hydroxylation sites is 1. The number of aryl methyl sites for hydroxylation is 3. The van der Waals surface area contributed by atoms with Crippen molar-refractivity contribution >= 4 is 11.6 Å². The highest BCUT2D eigenvalue weighted by atomic mass is 16.2. The van der Waals surface area contributed by atoms with Crippen molar-refractivity contribution in [2.45, 2.75) is 65.8 Å². The van der Waals surface area contributed by atoms with Gasteiger partial charge in [-0.2, -0.15) is 0 Å². The Morgan fingerprint density at radius 1 is 1.12 bits per heavy atom. The lowest BCUT2D eigenvalue weighted by molar-refractivity contribution is 0.102. The number of anilines is 1. The van der Waals surface area contributed by atoms with Gasteiger partial charge in [0.1, 0.15) is 5.56 Å². The number of amides is 1. The van der Waals surface area contributed by atoms with Gasteiger partial charge in [0.15, 0.2) is 5.43 Å². The maximum atomic E-state index is 13.1. The van der Waals surface area contributed by atoms with Crippen molar-refractivity contribution in [3.8, 4) is 0 Å². The number of hydrogen-bond donors (Lipinski definition) is 1. The molecule has 1 amide bonds. The van der Waals surface area contributed by atoms with Crippen molar-refractivity contribution in [1.29, 1.82) is 0 Å². The molecule has 0 atom stereocenters. The number of pyridine rings is 1. The molecule has 0 bridgehead atoms. The van der Waals surface area contributed by atoms with Crippen LogP contribution in [0.1, 0.15) is 66.0 Å². The first-order valence-electron chi connectivity index (χ1n) is 9.72. The van der Waals surface area contributed by atoms with Crippen LogP contribution < -0.4 is 10.7 Å². The minimum absolute atomic E-state index is 0.167. The Labute approximate surface area is 155 Å². The monoisotopic (exact) mass is 352 g/mol. The van der Waals surface area contributed by atoms with Crippen molar-refractivity contribution in [2.24, 2.45) is 0 Å². The van der Waals surface area contributed by atoms with Gasteiger partial charge in [-0.15, -0.1) is 0 Å². The fourth-order valence-electron chi connectivity index (χ4n) is 3.96.